The van der Waals surface area contributed by atoms with Crippen molar-refractivity contribution in [2.75, 3.05) is 5.32 Å². The Morgan fingerprint density at radius 3 is 2.72 bits per heavy atom. The number of rotatable bonds is 4. The van der Waals surface area contributed by atoms with Gasteiger partial charge in [0.05, 0.1) is 10.5 Å². The zero-order valence-electron chi connectivity index (χ0n) is 10.0. The molecule has 0 aromatic carbocycles. The maximum Gasteiger partial charge on any atom is 0.337 e. The van der Waals surface area contributed by atoms with E-state index in [4.69, 9.17) is 5.11 Å². The first-order valence-corrected chi connectivity index (χ1v) is 5.45. The van der Waals surface area contributed by atoms with Crippen molar-refractivity contribution in [3.63, 3.8) is 0 Å². The van der Waals surface area contributed by atoms with Gasteiger partial charge in [0, 0.05) is 18.3 Å². The van der Waals surface area contributed by atoms with Crippen LogP contribution < -0.4 is 5.32 Å². The monoisotopic (exact) mass is 251 g/mol. The number of hydrogen-bond donors (Lipinski definition) is 2. The number of aromatic carboxylic acids is 1. The number of nitro groups is 1. The highest BCUT2D eigenvalue weighted by atomic mass is 16.6. The molecule has 2 rings (SSSR count). The third kappa shape index (κ3) is 2.24. The lowest BCUT2D eigenvalue weighted by Crippen LogP contribution is -2.12. The van der Waals surface area contributed by atoms with Crippen LogP contribution >= 0.6 is 0 Å². The third-order valence-electron chi connectivity index (χ3n) is 3.14. The highest BCUT2D eigenvalue weighted by Gasteiger charge is 2.46. The molecule has 1 aliphatic carbocycles. The summed E-state index contributed by atoms with van der Waals surface area (Å²) in [6, 6.07) is 1.16. The molecule has 1 saturated carbocycles. The second-order valence-corrected chi connectivity index (χ2v) is 5.04. The highest BCUT2D eigenvalue weighted by Crippen LogP contribution is 2.47. The molecule has 96 valence electrons. The van der Waals surface area contributed by atoms with Gasteiger partial charge in [-0.05, 0) is 11.8 Å². The number of carbonyl (C=O) groups is 1. The molecule has 18 heavy (non-hydrogen) atoms. The average molecular weight is 251 g/mol. The highest BCUT2D eigenvalue weighted by molar-refractivity contribution is 5.88. The molecule has 0 saturated heterocycles. The molecule has 7 heteroatoms. The van der Waals surface area contributed by atoms with E-state index in [0.717, 1.165) is 18.7 Å². The van der Waals surface area contributed by atoms with Gasteiger partial charge in [0.25, 0.3) is 0 Å². The van der Waals surface area contributed by atoms with Gasteiger partial charge in [-0.15, -0.1) is 0 Å². The first kappa shape index (κ1) is 12.3. The van der Waals surface area contributed by atoms with E-state index in [1.165, 1.54) is 0 Å². The third-order valence-corrected chi connectivity index (χ3v) is 3.14. The van der Waals surface area contributed by atoms with Crippen LogP contribution in [0, 0.1) is 15.5 Å². The number of nitrogens with zero attached hydrogens (tertiary/aromatic N) is 2. The molecule has 0 bridgehead atoms. The fourth-order valence-corrected chi connectivity index (χ4v) is 1.70. The van der Waals surface area contributed by atoms with Gasteiger partial charge in [0.15, 0.2) is 0 Å². The standard InChI is InChI=1S/C11H13N3O4/c1-11(2)4-8(11)13-9-7(14(17)18)3-6(5-12-9)10(15)16/h3,5,8H,4H2,1-2H3,(H,12,13)(H,15,16). The zero-order chi connectivity index (χ0) is 13.5. The van der Waals surface area contributed by atoms with E-state index in [1.54, 1.807) is 0 Å². The molecule has 0 radical (unpaired) electrons. The number of anilines is 1. The van der Waals surface area contributed by atoms with E-state index >= 15 is 0 Å². The summed E-state index contributed by atoms with van der Waals surface area (Å²) < 4.78 is 0. The molecule has 0 amide bonds. The van der Waals surface area contributed by atoms with Crippen LogP contribution in [0.2, 0.25) is 0 Å². The number of hydrogen-bond acceptors (Lipinski definition) is 5. The van der Waals surface area contributed by atoms with Crippen LogP contribution in [0.5, 0.6) is 0 Å². The molecule has 1 heterocycles. The summed E-state index contributed by atoms with van der Waals surface area (Å²) >= 11 is 0. The molecule has 1 unspecified atom stereocenters. The Balaban J connectivity index is 2.29. The van der Waals surface area contributed by atoms with E-state index in [9.17, 15) is 14.9 Å². The maximum atomic E-state index is 10.9. The van der Waals surface area contributed by atoms with Crippen molar-refractivity contribution in [3.05, 3.63) is 27.9 Å². The van der Waals surface area contributed by atoms with Crippen molar-refractivity contribution in [2.24, 2.45) is 5.41 Å². The van der Waals surface area contributed by atoms with Crippen LogP contribution in [0.1, 0.15) is 30.6 Å². The first-order valence-electron chi connectivity index (χ1n) is 5.45. The van der Waals surface area contributed by atoms with Gasteiger partial charge in [0.2, 0.25) is 5.82 Å². The quantitative estimate of drug-likeness (QED) is 0.625. The molecule has 0 spiro atoms. The zero-order valence-corrected chi connectivity index (χ0v) is 10.0. The van der Waals surface area contributed by atoms with E-state index < -0.39 is 10.9 Å². The fraction of sp³-hybridized carbons (Fsp3) is 0.455. The van der Waals surface area contributed by atoms with E-state index in [2.05, 4.69) is 10.3 Å². The Labute approximate surface area is 103 Å². The summed E-state index contributed by atoms with van der Waals surface area (Å²) in [5, 5.41) is 22.6. The lowest BCUT2D eigenvalue weighted by atomic mass is 10.2. The SMILES string of the molecule is CC1(C)CC1Nc1ncc(C(=O)O)cc1[N+](=O)[O-]. The van der Waals surface area contributed by atoms with Gasteiger partial charge in [-0.1, -0.05) is 13.8 Å². The summed E-state index contributed by atoms with van der Waals surface area (Å²) in [6.07, 6.45) is 2.03. The minimum Gasteiger partial charge on any atom is -0.478 e. The lowest BCUT2D eigenvalue weighted by molar-refractivity contribution is -0.384. The van der Waals surface area contributed by atoms with Crippen LogP contribution in [0.3, 0.4) is 0 Å². The van der Waals surface area contributed by atoms with Crippen LogP contribution in [0.15, 0.2) is 12.3 Å². The topological polar surface area (TPSA) is 105 Å². The lowest BCUT2D eigenvalue weighted by Gasteiger charge is -2.08. The second kappa shape index (κ2) is 3.94. The van der Waals surface area contributed by atoms with Crippen molar-refractivity contribution in [3.8, 4) is 0 Å². The first-order chi connectivity index (χ1) is 8.31. The summed E-state index contributed by atoms with van der Waals surface area (Å²) in [4.78, 5) is 24.8. The minimum atomic E-state index is -1.23. The number of pyridine rings is 1. The van der Waals surface area contributed by atoms with Crippen molar-refractivity contribution in [1.82, 2.24) is 4.98 Å². The number of nitrogens with one attached hydrogen (secondary N) is 1. The Kier molecular flexibility index (Phi) is 2.68. The molecule has 7 nitrogen and oxygen atoms in total. The van der Waals surface area contributed by atoms with Gasteiger partial charge in [-0.2, -0.15) is 0 Å². The van der Waals surface area contributed by atoms with Crippen molar-refractivity contribution in [1.29, 1.82) is 0 Å². The number of carboxylic acids is 1. The molecule has 1 atom stereocenters. The largest absolute Gasteiger partial charge is 0.478 e. The van der Waals surface area contributed by atoms with E-state index in [0.29, 0.717) is 0 Å². The van der Waals surface area contributed by atoms with Gasteiger partial charge < -0.3 is 10.4 Å². The van der Waals surface area contributed by atoms with Crippen molar-refractivity contribution < 1.29 is 14.8 Å². The minimum absolute atomic E-state index is 0.0982. The van der Waals surface area contributed by atoms with Crippen molar-refractivity contribution >= 4 is 17.5 Å². The van der Waals surface area contributed by atoms with Gasteiger partial charge in [-0.3, -0.25) is 10.1 Å². The number of aromatic nitrogens is 1. The van der Waals surface area contributed by atoms with E-state index in [1.807, 2.05) is 13.8 Å². The predicted molar refractivity (Wildman–Crippen MR) is 63.7 cm³/mol. The van der Waals surface area contributed by atoms with Gasteiger partial charge in [-0.25, -0.2) is 9.78 Å². The molecule has 2 N–H and O–H groups in total. The molecule has 0 aliphatic heterocycles. The van der Waals surface area contributed by atoms with Gasteiger partial charge >= 0.3 is 11.7 Å². The van der Waals surface area contributed by atoms with Crippen LogP contribution in [-0.2, 0) is 0 Å². The Morgan fingerprint density at radius 1 is 1.67 bits per heavy atom. The van der Waals surface area contributed by atoms with E-state index in [-0.39, 0.29) is 28.5 Å². The fourth-order valence-electron chi connectivity index (χ4n) is 1.70. The molecular formula is C11H13N3O4. The summed E-state index contributed by atoms with van der Waals surface area (Å²) in [6.45, 7) is 4.09. The Bertz CT molecular complexity index is 527. The molecule has 1 aliphatic rings. The van der Waals surface area contributed by atoms with Crippen LogP contribution in [0.4, 0.5) is 11.5 Å². The smallest absolute Gasteiger partial charge is 0.337 e. The Morgan fingerprint density at radius 2 is 2.28 bits per heavy atom. The molecular weight excluding hydrogens is 238 g/mol. The maximum absolute atomic E-state index is 10.9. The summed E-state index contributed by atoms with van der Waals surface area (Å²) in [7, 11) is 0. The molecule has 1 aromatic rings. The molecule has 1 aromatic heterocycles. The van der Waals surface area contributed by atoms with Crippen LogP contribution in [0.25, 0.3) is 0 Å². The average Bonchev–Trinajstić information content (AvgIpc) is 2.85. The number of carboxylic acid groups (broad SMARTS) is 1. The Hall–Kier alpha value is -2.18. The summed E-state index contributed by atoms with van der Waals surface area (Å²) in [5.74, 6) is -1.11. The predicted octanol–water partition coefficient (Wildman–Crippen LogP) is 1.90. The summed E-state index contributed by atoms with van der Waals surface area (Å²) in [5.41, 5.74) is -0.402. The van der Waals surface area contributed by atoms with Crippen LogP contribution in [-0.4, -0.2) is 27.0 Å². The molecule has 1 fully saturated rings. The second-order valence-electron chi connectivity index (χ2n) is 5.04. The van der Waals surface area contributed by atoms with Crippen molar-refractivity contribution in [2.45, 2.75) is 26.3 Å². The normalized spacial score (nSPS) is 20.2. The van der Waals surface area contributed by atoms with Gasteiger partial charge in [0.1, 0.15) is 0 Å².